The number of ether oxygens (including phenoxy) is 1. The monoisotopic (exact) mass is 336 g/mol. The van der Waals surface area contributed by atoms with Crippen molar-refractivity contribution in [3.8, 4) is 11.4 Å². The van der Waals surface area contributed by atoms with Crippen molar-refractivity contribution in [1.82, 2.24) is 9.55 Å². The molecule has 0 fully saturated rings. The highest BCUT2D eigenvalue weighted by Gasteiger charge is 2.15. The number of benzene rings is 2. The second-order valence-corrected chi connectivity index (χ2v) is 5.76. The van der Waals surface area contributed by atoms with Gasteiger partial charge in [-0.05, 0) is 35.9 Å². The topological polar surface area (TPSA) is 44.1 Å². The van der Waals surface area contributed by atoms with E-state index in [9.17, 15) is 4.79 Å². The number of fused-ring (bicyclic) bond motifs is 2. The molecule has 0 saturated carbocycles. The van der Waals surface area contributed by atoms with Crippen molar-refractivity contribution in [2.75, 3.05) is 7.11 Å². The van der Waals surface area contributed by atoms with E-state index in [0.717, 1.165) is 33.2 Å². The fourth-order valence-corrected chi connectivity index (χ4v) is 3.14. The van der Waals surface area contributed by atoms with Gasteiger partial charge in [-0.1, -0.05) is 18.2 Å². The van der Waals surface area contributed by atoms with Gasteiger partial charge in [0.25, 0.3) is 5.24 Å². The van der Waals surface area contributed by atoms with E-state index < -0.39 is 5.24 Å². The molecule has 4 aromatic rings. The van der Waals surface area contributed by atoms with Crippen molar-refractivity contribution >= 4 is 38.6 Å². The Hall–Kier alpha value is -2.85. The summed E-state index contributed by atoms with van der Waals surface area (Å²) in [4.78, 5) is 16.2. The molecule has 2 aromatic heterocycles. The number of carbonyl (C=O) groups excluding carboxylic acids is 1. The molecule has 0 amide bonds. The molecular weight excluding hydrogens is 324 g/mol. The van der Waals surface area contributed by atoms with Gasteiger partial charge in [0.05, 0.1) is 29.4 Å². The average molecular weight is 337 g/mol. The molecule has 0 aliphatic carbocycles. The van der Waals surface area contributed by atoms with Crippen LogP contribution < -0.4 is 4.74 Å². The van der Waals surface area contributed by atoms with E-state index in [1.54, 1.807) is 19.5 Å². The molecule has 24 heavy (non-hydrogen) atoms. The number of rotatable bonds is 3. The summed E-state index contributed by atoms with van der Waals surface area (Å²) in [6, 6.07) is 15.4. The number of hydrogen-bond donors (Lipinski definition) is 0. The molecule has 0 N–H and O–H groups in total. The van der Waals surface area contributed by atoms with Crippen LogP contribution in [-0.2, 0) is 0 Å². The predicted molar refractivity (Wildman–Crippen MR) is 95.3 cm³/mol. The summed E-state index contributed by atoms with van der Waals surface area (Å²) in [5.74, 6) is 0.751. The van der Waals surface area contributed by atoms with Crippen molar-refractivity contribution in [2.45, 2.75) is 0 Å². The van der Waals surface area contributed by atoms with Crippen molar-refractivity contribution in [3.63, 3.8) is 0 Å². The van der Waals surface area contributed by atoms with E-state index >= 15 is 0 Å². The van der Waals surface area contributed by atoms with E-state index in [4.69, 9.17) is 16.3 Å². The highest BCUT2D eigenvalue weighted by atomic mass is 35.5. The number of aromatic nitrogens is 2. The summed E-state index contributed by atoms with van der Waals surface area (Å²) < 4.78 is 7.24. The summed E-state index contributed by atoms with van der Waals surface area (Å²) >= 11 is 5.76. The number of hydrogen-bond acceptors (Lipinski definition) is 3. The molecule has 2 heterocycles. The molecule has 0 aliphatic rings. The maximum absolute atomic E-state index is 11.8. The maximum atomic E-state index is 11.8. The minimum absolute atomic E-state index is 0.468. The van der Waals surface area contributed by atoms with Gasteiger partial charge in [-0.25, -0.2) is 0 Å². The minimum Gasteiger partial charge on any atom is -0.497 e. The van der Waals surface area contributed by atoms with E-state index in [2.05, 4.69) is 4.98 Å². The fraction of sp³-hybridized carbons (Fsp3) is 0.0526. The molecule has 118 valence electrons. The smallest absolute Gasteiger partial charge is 0.254 e. The second kappa shape index (κ2) is 5.65. The Morgan fingerprint density at radius 1 is 1.12 bits per heavy atom. The predicted octanol–water partition coefficient (Wildman–Crippen LogP) is 4.57. The van der Waals surface area contributed by atoms with Gasteiger partial charge in [-0.3, -0.25) is 9.78 Å². The van der Waals surface area contributed by atoms with Crippen molar-refractivity contribution in [2.24, 2.45) is 0 Å². The van der Waals surface area contributed by atoms with Crippen LogP contribution in [0.2, 0.25) is 0 Å². The van der Waals surface area contributed by atoms with E-state index in [1.807, 2.05) is 53.1 Å². The lowest BCUT2D eigenvalue weighted by atomic mass is 10.1. The molecule has 0 atom stereocenters. The van der Waals surface area contributed by atoms with Crippen LogP contribution >= 0.6 is 11.6 Å². The third-order valence-corrected chi connectivity index (χ3v) is 4.31. The highest BCUT2D eigenvalue weighted by Crippen LogP contribution is 2.30. The molecule has 0 spiro atoms. The average Bonchev–Trinajstić information content (AvgIpc) is 3.00. The minimum atomic E-state index is -0.468. The zero-order valence-electron chi connectivity index (χ0n) is 12.9. The van der Waals surface area contributed by atoms with Crippen LogP contribution in [0.15, 0.2) is 60.9 Å². The zero-order chi connectivity index (χ0) is 16.7. The Kier molecular flexibility index (Phi) is 3.47. The molecule has 4 rings (SSSR count). The Morgan fingerprint density at radius 2 is 1.96 bits per heavy atom. The summed E-state index contributed by atoms with van der Waals surface area (Å²) in [5.41, 5.74) is 3.17. The summed E-state index contributed by atoms with van der Waals surface area (Å²) in [6.45, 7) is 0. The largest absolute Gasteiger partial charge is 0.497 e. The lowest BCUT2D eigenvalue weighted by Gasteiger charge is -2.10. The van der Waals surface area contributed by atoms with Crippen LogP contribution in [0.4, 0.5) is 0 Å². The molecule has 0 bridgehead atoms. The van der Waals surface area contributed by atoms with E-state index in [1.165, 1.54) is 0 Å². The molecule has 4 nitrogen and oxygen atoms in total. The van der Waals surface area contributed by atoms with Crippen LogP contribution in [0, 0.1) is 0 Å². The number of pyridine rings is 1. The van der Waals surface area contributed by atoms with Gasteiger partial charge in [0.15, 0.2) is 0 Å². The molecule has 5 heteroatoms. The standard InChI is InChI=1S/C19H13ClN2O2/c1-24-12-6-7-14-16(10-12)21-9-8-18(14)22-11-15(19(20)23)13-4-2-3-5-17(13)22/h2-11H,1H3. The van der Waals surface area contributed by atoms with Gasteiger partial charge in [0.1, 0.15) is 5.75 Å². The first-order valence-corrected chi connectivity index (χ1v) is 7.80. The number of nitrogens with zero attached hydrogens (tertiary/aromatic N) is 2. The summed E-state index contributed by atoms with van der Waals surface area (Å²) in [5, 5.41) is 1.33. The second-order valence-electron chi connectivity index (χ2n) is 5.42. The van der Waals surface area contributed by atoms with Crippen LogP contribution in [0.25, 0.3) is 27.5 Å². The first kappa shape index (κ1) is 14.7. The van der Waals surface area contributed by atoms with Gasteiger partial charge in [0.2, 0.25) is 0 Å². The molecule has 0 aliphatic heterocycles. The quantitative estimate of drug-likeness (QED) is 0.515. The van der Waals surface area contributed by atoms with E-state index in [0.29, 0.717) is 5.56 Å². The zero-order valence-corrected chi connectivity index (χ0v) is 13.6. The molecule has 0 unspecified atom stereocenters. The van der Waals surface area contributed by atoms with Gasteiger partial charge < -0.3 is 9.30 Å². The normalized spacial score (nSPS) is 11.1. The fourth-order valence-electron chi connectivity index (χ4n) is 2.99. The van der Waals surface area contributed by atoms with Gasteiger partial charge in [0, 0.05) is 29.2 Å². The number of halogens is 1. The van der Waals surface area contributed by atoms with Crippen molar-refractivity contribution < 1.29 is 9.53 Å². The highest BCUT2D eigenvalue weighted by molar-refractivity contribution is 6.68. The number of methoxy groups -OCH3 is 1. The molecule has 0 radical (unpaired) electrons. The maximum Gasteiger partial charge on any atom is 0.254 e. The Bertz CT molecular complexity index is 1090. The van der Waals surface area contributed by atoms with Gasteiger partial charge >= 0.3 is 0 Å². The Morgan fingerprint density at radius 3 is 2.75 bits per heavy atom. The number of carbonyl (C=O) groups is 1. The van der Waals surface area contributed by atoms with Crippen molar-refractivity contribution in [3.05, 3.63) is 66.5 Å². The third kappa shape index (κ3) is 2.23. The summed E-state index contributed by atoms with van der Waals surface area (Å²) in [7, 11) is 1.63. The first-order valence-electron chi connectivity index (χ1n) is 7.42. The lowest BCUT2D eigenvalue weighted by molar-refractivity contribution is 0.108. The number of para-hydroxylation sites is 1. The van der Waals surface area contributed by atoms with Crippen LogP contribution in [0.5, 0.6) is 5.75 Å². The van der Waals surface area contributed by atoms with Gasteiger partial charge in [-0.2, -0.15) is 0 Å². The van der Waals surface area contributed by atoms with Crippen LogP contribution in [0.1, 0.15) is 10.4 Å². The Labute approximate surface area is 143 Å². The molecule has 0 saturated heterocycles. The third-order valence-electron chi connectivity index (χ3n) is 4.11. The Balaban J connectivity index is 2.05. The van der Waals surface area contributed by atoms with E-state index in [-0.39, 0.29) is 0 Å². The van der Waals surface area contributed by atoms with Gasteiger partial charge in [-0.15, -0.1) is 0 Å². The lowest BCUT2D eigenvalue weighted by Crippen LogP contribution is -1.95. The SMILES string of the molecule is COc1ccc2c(-n3cc(C(=O)Cl)c4ccccc43)ccnc2c1. The van der Waals surface area contributed by atoms with Crippen molar-refractivity contribution in [1.29, 1.82) is 0 Å². The molecular formula is C19H13ClN2O2. The summed E-state index contributed by atoms with van der Waals surface area (Å²) in [6.07, 6.45) is 3.52. The molecule has 2 aromatic carbocycles. The van der Waals surface area contributed by atoms with Crippen LogP contribution in [-0.4, -0.2) is 21.9 Å². The first-order chi connectivity index (χ1) is 11.7. The van der Waals surface area contributed by atoms with Crippen LogP contribution in [0.3, 0.4) is 0 Å².